The number of hydrogen-bond donors (Lipinski definition) is 0. The van der Waals surface area contributed by atoms with Crippen molar-refractivity contribution in [1.29, 1.82) is 0 Å². The van der Waals surface area contributed by atoms with E-state index in [-0.39, 0.29) is 28.8 Å². The van der Waals surface area contributed by atoms with Crippen LogP contribution in [0.5, 0.6) is 11.5 Å². The molecule has 0 spiro atoms. The Bertz CT molecular complexity index is 1250. The van der Waals surface area contributed by atoms with E-state index in [0.717, 1.165) is 5.56 Å². The Labute approximate surface area is 180 Å². The molecular formula is C21H13Cl2N3O4. The van der Waals surface area contributed by atoms with Crippen LogP contribution in [-0.2, 0) is 4.79 Å². The lowest BCUT2D eigenvalue weighted by Gasteiger charge is -2.31. The van der Waals surface area contributed by atoms with Gasteiger partial charge in [-0.25, -0.2) is 4.98 Å². The summed E-state index contributed by atoms with van der Waals surface area (Å²) in [5, 5.41) is 0.765. The maximum Gasteiger partial charge on any atom is 0.268 e. The van der Waals surface area contributed by atoms with Crippen molar-refractivity contribution in [2.75, 3.05) is 11.7 Å². The van der Waals surface area contributed by atoms with Crippen molar-refractivity contribution >= 4 is 40.5 Å². The van der Waals surface area contributed by atoms with Crippen LogP contribution in [0.1, 0.15) is 17.2 Å². The number of carbonyl (C=O) groups excluding carboxylic acids is 1. The average molecular weight is 442 g/mol. The molecule has 2 aliphatic heterocycles. The van der Waals surface area contributed by atoms with Crippen LogP contribution in [0.25, 0.3) is 10.7 Å². The molecule has 2 aromatic carbocycles. The third-order valence-corrected chi connectivity index (χ3v) is 5.56. The summed E-state index contributed by atoms with van der Waals surface area (Å²) >= 11 is 12.4. The minimum Gasteiger partial charge on any atom is -0.454 e. The van der Waals surface area contributed by atoms with Crippen molar-refractivity contribution in [3.8, 4) is 17.2 Å². The van der Waals surface area contributed by atoms with Crippen molar-refractivity contribution < 1.29 is 14.3 Å². The maximum atomic E-state index is 13.2. The second-order valence-corrected chi connectivity index (χ2v) is 7.52. The Balaban J connectivity index is 1.62. The molecule has 1 atom stereocenters. The lowest BCUT2D eigenvalue weighted by molar-refractivity contribution is -0.107. The van der Waals surface area contributed by atoms with Crippen molar-refractivity contribution in [3.05, 3.63) is 81.4 Å². The molecule has 9 heteroatoms. The fourth-order valence-electron chi connectivity index (χ4n) is 3.54. The van der Waals surface area contributed by atoms with Crippen LogP contribution < -0.4 is 19.9 Å². The second-order valence-electron chi connectivity index (χ2n) is 6.68. The molecule has 0 bridgehead atoms. The number of hydrogen-bond acceptors (Lipinski definition) is 5. The molecule has 150 valence electrons. The standard InChI is InChI=1S/C21H13Cl2N3O4/c22-13-2-4-14(5-3-13)25-9-24-20-19(21(25)28)15(23)8-16(26(20)10-27)12-1-6-17-18(7-12)30-11-29-17/h1-10,16H,11H2/t16-/m1/s1. The first kappa shape index (κ1) is 18.7. The van der Waals surface area contributed by atoms with E-state index in [9.17, 15) is 9.59 Å². The molecule has 0 saturated heterocycles. The fraction of sp³-hybridized carbons (Fsp3) is 0.0952. The number of ether oxygens (including phenoxy) is 2. The highest BCUT2D eigenvalue weighted by Gasteiger charge is 2.32. The summed E-state index contributed by atoms with van der Waals surface area (Å²) in [5.41, 5.74) is 1.09. The highest BCUT2D eigenvalue weighted by molar-refractivity contribution is 6.49. The molecule has 3 heterocycles. The zero-order valence-electron chi connectivity index (χ0n) is 15.3. The number of rotatable bonds is 3. The summed E-state index contributed by atoms with van der Waals surface area (Å²) in [6.07, 6.45) is 3.64. The van der Waals surface area contributed by atoms with Gasteiger partial charge in [-0.05, 0) is 48.0 Å². The highest BCUT2D eigenvalue weighted by Crippen LogP contribution is 2.41. The number of carbonyl (C=O) groups is 1. The Morgan fingerprint density at radius 3 is 2.60 bits per heavy atom. The SMILES string of the molecule is O=CN1c2ncn(-c3ccc(Cl)cc3)c(=O)c2C(Cl)=C[C@@H]1c1ccc2c(c1)OCO2. The van der Waals surface area contributed by atoms with Gasteiger partial charge in [-0.15, -0.1) is 0 Å². The monoisotopic (exact) mass is 441 g/mol. The van der Waals surface area contributed by atoms with E-state index in [1.54, 1.807) is 42.5 Å². The van der Waals surface area contributed by atoms with Crippen molar-refractivity contribution in [2.24, 2.45) is 0 Å². The third kappa shape index (κ3) is 2.94. The number of fused-ring (bicyclic) bond motifs is 2. The van der Waals surface area contributed by atoms with E-state index in [4.69, 9.17) is 32.7 Å². The van der Waals surface area contributed by atoms with E-state index >= 15 is 0 Å². The van der Waals surface area contributed by atoms with Gasteiger partial charge in [0.05, 0.1) is 16.8 Å². The first-order chi connectivity index (χ1) is 14.6. The van der Waals surface area contributed by atoms with Crippen LogP contribution >= 0.6 is 23.2 Å². The van der Waals surface area contributed by atoms with Gasteiger partial charge in [0.25, 0.3) is 5.56 Å². The summed E-state index contributed by atoms with van der Waals surface area (Å²) in [6.45, 7) is 0.145. The zero-order chi connectivity index (χ0) is 20.8. The second kappa shape index (κ2) is 7.19. The Kier molecular flexibility index (Phi) is 4.49. The minimum atomic E-state index is -0.546. The van der Waals surface area contributed by atoms with Gasteiger partial charge in [0.2, 0.25) is 13.2 Å². The Morgan fingerprint density at radius 2 is 1.83 bits per heavy atom. The lowest BCUT2D eigenvalue weighted by atomic mass is 10.00. The van der Waals surface area contributed by atoms with Crippen LogP contribution in [0, 0.1) is 0 Å². The molecule has 2 aliphatic rings. The summed E-state index contributed by atoms with van der Waals surface area (Å²) in [6, 6.07) is 11.6. The molecule has 7 nitrogen and oxygen atoms in total. The summed E-state index contributed by atoms with van der Waals surface area (Å²) < 4.78 is 12.1. The predicted octanol–water partition coefficient (Wildman–Crippen LogP) is 3.91. The van der Waals surface area contributed by atoms with E-state index in [2.05, 4.69) is 4.98 Å². The van der Waals surface area contributed by atoms with Gasteiger partial charge in [-0.1, -0.05) is 29.3 Å². The first-order valence-electron chi connectivity index (χ1n) is 8.95. The summed E-state index contributed by atoms with van der Waals surface area (Å²) in [5.74, 6) is 1.40. The molecule has 0 radical (unpaired) electrons. The third-order valence-electron chi connectivity index (χ3n) is 5.00. The van der Waals surface area contributed by atoms with Gasteiger partial charge in [0.15, 0.2) is 17.3 Å². The molecule has 3 aromatic rings. The lowest BCUT2D eigenvalue weighted by Crippen LogP contribution is -2.35. The van der Waals surface area contributed by atoms with E-state index in [1.165, 1.54) is 15.8 Å². The van der Waals surface area contributed by atoms with Crippen molar-refractivity contribution in [3.63, 3.8) is 0 Å². The molecular weight excluding hydrogens is 429 g/mol. The van der Waals surface area contributed by atoms with Gasteiger partial charge in [-0.3, -0.25) is 19.1 Å². The molecule has 0 saturated carbocycles. The molecule has 0 unspecified atom stereocenters. The molecule has 1 aromatic heterocycles. The normalized spacial score (nSPS) is 16.8. The smallest absolute Gasteiger partial charge is 0.268 e. The highest BCUT2D eigenvalue weighted by atomic mass is 35.5. The quantitative estimate of drug-likeness (QED) is 0.576. The average Bonchev–Trinajstić information content (AvgIpc) is 3.22. The van der Waals surface area contributed by atoms with Gasteiger partial charge < -0.3 is 9.47 Å². The van der Waals surface area contributed by atoms with Crippen LogP contribution in [0.2, 0.25) is 5.02 Å². The van der Waals surface area contributed by atoms with Crippen LogP contribution in [0.4, 0.5) is 5.82 Å². The Morgan fingerprint density at radius 1 is 1.07 bits per heavy atom. The van der Waals surface area contributed by atoms with Crippen LogP contribution in [0.15, 0.2) is 59.7 Å². The largest absolute Gasteiger partial charge is 0.454 e. The number of amides is 1. The van der Waals surface area contributed by atoms with Gasteiger partial charge in [0, 0.05) is 5.02 Å². The van der Waals surface area contributed by atoms with Crippen LogP contribution in [0.3, 0.4) is 0 Å². The maximum absolute atomic E-state index is 13.2. The number of anilines is 1. The number of aromatic nitrogens is 2. The number of nitrogens with zero attached hydrogens (tertiary/aromatic N) is 3. The van der Waals surface area contributed by atoms with Crippen molar-refractivity contribution in [2.45, 2.75) is 6.04 Å². The van der Waals surface area contributed by atoms with Crippen LogP contribution in [-0.4, -0.2) is 22.8 Å². The topological polar surface area (TPSA) is 73.7 Å². The summed E-state index contributed by atoms with van der Waals surface area (Å²) in [4.78, 5) is 30.9. The van der Waals surface area contributed by atoms with Gasteiger partial charge in [0.1, 0.15) is 11.9 Å². The first-order valence-corrected chi connectivity index (χ1v) is 9.71. The van der Waals surface area contributed by atoms with Gasteiger partial charge >= 0.3 is 0 Å². The zero-order valence-corrected chi connectivity index (χ0v) is 16.8. The molecule has 0 aliphatic carbocycles. The number of halogens is 2. The molecule has 0 fully saturated rings. The van der Waals surface area contributed by atoms with Gasteiger partial charge in [-0.2, -0.15) is 0 Å². The molecule has 0 N–H and O–H groups in total. The number of benzene rings is 2. The van der Waals surface area contributed by atoms with E-state index < -0.39 is 6.04 Å². The summed E-state index contributed by atoms with van der Waals surface area (Å²) in [7, 11) is 0. The predicted molar refractivity (Wildman–Crippen MR) is 113 cm³/mol. The van der Waals surface area contributed by atoms with E-state index in [0.29, 0.717) is 28.6 Å². The van der Waals surface area contributed by atoms with E-state index in [1.807, 2.05) is 6.07 Å². The Hall–Kier alpha value is -3.29. The minimum absolute atomic E-state index is 0.145. The molecule has 1 amide bonds. The fourth-order valence-corrected chi connectivity index (χ4v) is 3.95. The molecule has 5 rings (SSSR count). The molecule has 30 heavy (non-hydrogen) atoms. The van der Waals surface area contributed by atoms with Crippen molar-refractivity contribution in [1.82, 2.24) is 9.55 Å².